The Morgan fingerprint density at radius 1 is 1.19 bits per heavy atom. The van der Waals surface area contributed by atoms with Gasteiger partial charge in [-0.15, -0.1) is 0 Å². The second-order valence-electron chi connectivity index (χ2n) is 7.78. The van der Waals surface area contributed by atoms with Crippen molar-refractivity contribution in [3.05, 3.63) is 70.0 Å². The molecule has 1 aliphatic rings. The fourth-order valence-electron chi connectivity index (χ4n) is 3.74. The smallest absolute Gasteiger partial charge is 0.295 e. The molecule has 32 heavy (non-hydrogen) atoms. The maximum Gasteiger partial charge on any atom is 0.295 e. The topological polar surface area (TPSA) is 70.1 Å². The Morgan fingerprint density at radius 2 is 1.88 bits per heavy atom. The molecule has 3 rings (SSSR count). The third-order valence-electron chi connectivity index (χ3n) is 5.24. The van der Waals surface area contributed by atoms with Crippen LogP contribution in [0.25, 0.3) is 5.76 Å². The van der Waals surface area contributed by atoms with E-state index in [0.29, 0.717) is 37.4 Å². The van der Waals surface area contributed by atoms with E-state index in [-0.39, 0.29) is 21.9 Å². The number of carbonyl (C=O) groups is 2. The average Bonchev–Trinajstić information content (AvgIpc) is 3.00. The summed E-state index contributed by atoms with van der Waals surface area (Å²) < 4.78 is 19.0. The van der Waals surface area contributed by atoms with Crippen LogP contribution in [0.3, 0.4) is 0 Å². The summed E-state index contributed by atoms with van der Waals surface area (Å²) in [6.07, 6.45) is 0.632. The molecule has 0 saturated carbocycles. The molecule has 2 aromatic rings. The summed E-state index contributed by atoms with van der Waals surface area (Å²) in [5.41, 5.74) is 0.776. The highest BCUT2D eigenvalue weighted by atomic mass is 35.5. The van der Waals surface area contributed by atoms with Crippen LogP contribution in [0.5, 0.6) is 5.75 Å². The Hall–Kier alpha value is -2.90. The van der Waals surface area contributed by atoms with Crippen LogP contribution in [0, 0.1) is 5.82 Å². The Labute approximate surface area is 191 Å². The predicted molar refractivity (Wildman–Crippen MR) is 121 cm³/mol. The molecule has 0 spiro atoms. The molecule has 1 aliphatic heterocycles. The van der Waals surface area contributed by atoms with Crippen molar-refractivity contribution in [2.45, 2.75) is 19.4 Å². The minimum Gasteiger partial charge on any atom is -0.507 e. The van der Waals surface area contributed by atoms with Crippen LogP contribution < -0.4 is 4.74 Å². The first-order valence-electron chi connectivity index (χ1n) is 10.4. The first-order chi connectivity index (χ1) is 15.2. The van der Waals surface area contributed by atoms with Crippen molar-refractivity contribution in [3.63, 3.8) is 0 Å². The molecule has 1 amide bonds. The van der Waals surface area contributed by atoms with Crippen LogP contribution >= 0.6 is 11.6 Å². The van der Waals surface area contributed by atoms with Crippen molar-refractivity contribution in [3.8, 4) is 5.75 Å². The molecular weight excluding hydrogens is 435 g/mol. The SMILES string of the molecule is CCOc1ccc(C(O)=C2C(=O)C(=O)N(CCCN(C)C)[C@@H]2c2ccc(F)cc2)cc1Cl. The molecular formula is C24H26ClFN2O4. The number of Topliss-reactive ketones (excluding diaryl/α,β-unsaturated/α-hetero) is 1. The van der Waals surface area contributed by atoms with Crippen LogP contribution in [0.4, 0.5) is 4.39 Å². The molecule has 1 heterocycles. The van der Waals surface area contributed by atoms with Gasteiger partial charge < -0.3 is 19.6 Å². The van der Waals surface area contributed by atoms with E-state index in [4.69, 9.17) is 16.3 Å². The molecule has 0 unspecified atom stereocenters. The summed E-state index contributed by atoms with van der Waals surface area (Å²) in [6.45, 7) is 3.28. The van der Waals surface area contributed by atoms with Crippen molar-refractivity contribution in [1.29, 1.82) is 0 Å². The van der Waals surface area contributed by atoms with Crippen molar-refractivity contribution < 1.29 is 23.8 Å². The third kappa shape index (κ3) is 4.95. The van der Waals surface area contributed by atoms with Gasteiger partial charge in [0, 0.05) is 12.1 Å². The Balaban J connectivity index is 2.08. The van der Waals surface area contributed by atoms with Crippen LogP contribution in [0.1, 0.15) is 30.5 Å². The summed E-state index contributed by atoms with van der Waals surface area (Å²) in [5, 5.41) is 11.3. The van der Waals surface area contributed by atoms with Crippen LogP contribution in [-0.4, -0.2) is 60.4 Å². The first-order valence-corrected chi connectivity index (χ1v) is 10.7. The zero-order valence-corrected chi connectivity index (χ0v) is 19.0. The molecule has 0 aromatic heterocycles. The van der Waals surface area contributed by atoms with Gasteiger partial charge in [-0.1, -0.05) is 23.7 Å². The number of carbonyl (C=O) groups excluding carboxylic acids is 2. The molecule has 1 atom stereocenters. The molecule has 2 aromatic carbocycles. The van der Waals surface area contributed by atoms with E-state index in [0.717, 1.165) is 0 Å². The van der Waals surface area contributed by atoms with Gasteiger partial charge in [-0.3, -0.25) is 9.59 Å². The lowest BCUT2D eigenvalue weighted by Crippen LogP contribution is -2.32. The number of hydrogen-bond donors (Lipinski definition) is 1. The standard InChI is InChI=1S/C24H26ClFN2O4/c1-4-32-19-11-8-16(14-18(19)25)22(29)20-21(15-6-9-17(26)10-7-15)28(24(31)23(20)30)13-5-12-27(2)3/h6-11,14,21,29H,4-5,12-13H2,1-3H3/t21-/m1/s1. The molecule has 0 aliphatic carbocycles. The highest BCUT2D eigenvalue weighted by molar-refractivity contribution is 6.46. The van der Waals surface area contributed by atoms with Gasteiger partial charge in [0.25, 0.3) is 11.7 Å². The van der Waals surface area contributed by atoms with Gasteiger partial charge in [-0.25, -0.2) is 4.39 Å². The third-order valence-corrected chi connectivity index (χ3v) is 5.53. The van der Waals surface area contributed by atoms with Gasteiger partial charge >= 0.3 is 0 Å². The number of hydrogen-bond acceptors (Lipinski definition) is 5. The maximum atomic E-state index is 13.5. The number of likely N-dealkylation sites (tertiary alicyclic amines) is 1. The lowest BCUT2D eigenvalue weighted by atomic mass is 9.95. The summed E-state index contributed by atoms with van der Waals surface area (Å²) >= 11 is 6.25. The van der Waals surface area contributed by atoms with Crippen LogP contribution in [0.2, 0.25) is 5.02 Å². The Bertz CT molecular complexity index is 1040. The summed E-state index contributed by atoms with van der Waals surface area (Å²) in [5.74, 6) is -1.80. The number of ketones is 1. The van der Waals surface area contributed by atoms with Crippen LogP contribution in [0.15, 0.2) is 48.0 Å². The molecule has 6 nitrogen and oxygen atoms in total. The largest absolute Gasteiger partial charge is 0.507 e. The highest BCUT2D eigenvalue weighted by Crippen LogP contribution is 2.40. The molecule has 1 saturated heterocycles. The fourth-order valence-corrected chi connectivity index (χ4v) is 3.97. The molecule has 1 N–H and O–H groups in total. The number of halogens is 2. The predicted octanol–water partition coefficient (Wildman–Crippen LogP) is 4.25. The highest BCUT2D eigenvalue weighted by Gasteiger charge is 2.45. The van der Waals surface area contributed by atoms with E-state index in [2.05, 4.69) is 0 Å². The number of aliphatic hydroxyl groups is 1. The van der Waals surface area contributed by atoms with Gasteiger partial charge in [0.15, 0.2) is 0 Å². The minimum absolute atomic E-state index is 0.0494. The fraction of sp³-hybridized carbons (Fsp3) is 0.333. The molecule has 170 valence electrons. The lowest BCUT2D eigenvalue weighted by molar-refractivity contribution is -0.139. The zero-order chi connectivity index (χ0) is 23.4. The van der Waals surface area contributed by atoms with Crippen LogP contribution in [-0.2, 0) is 9.59 Å². The van der Waals surface area contributed by atoms with Gasteiger partial charge in [0.2, 0.25) is 0 Å². The van der Waals surface area contributed by atoms with E-state index in [9.17, 15) is 19.1 Å². The first kappa shape index (κ1) is 23.8. The van der Waals surface area contributed by atoms with Crippen molar-refractivity contribution in [2.24, 2.45) is 0 Å². The van der Waals surface area contributed by atoms with E-state index >= 15 is 0 Å². The molecule has 1 fully saturated rings. The van der Waals surface area contributed by atoms with Gasteiger partial charge in [0.05, 0.1) is 23.2 Å². The number of ether oxygens (including phenoxy) is 1. The van der Waals surface area contributed by atoms with Crippen molar-refractivity contribution in [1.82, 2.24) is 9.80 Å². The summed E-state index contributed by atoms with van der Waals surface area (Å²) in [7, 11) is 3.84. The summed E-state index contributed by atoms with van der Waals surface area (Å²) in [4.78, 5) is 29.3. The van der Waals surface area contributed by atoms with E-state index in [1.165, 1.54) is 35.2 Å². The average molecular weight is 461 g/mol. The molecule has 0 bridgehead atoms. The Morgan fingerprint density at radius 3 is 2.47 bits per heavy atom. The van der Waals surface area contributed by atoms with E-state index < -0.39 is 23.5 Å². The van der Waals surface area contributed by atoms with Crippen molar-refractivity contribution in [2.75, 3.05) is 33.8 Å². The monoisotopic (exact) mass is 460 g/mol. The number of nitrogens with zero attached hydrogens (tertiary/aromatic N) is 2. The second-order valence-corrected chi connectivity index (χ2v) is 8.19. The van der Waals surface area contributed by atoms with Gasteiger partial charge in [-0.2, -0.15) is 0 Å². The maximum absolute atomic E-state index is 13.5. The van der Waals surface area contributed by atoms with Crippen molar-refractivity contribution >= 4 is 29.1 Å². The quantitative estimate of drug-likeness (QED) is 0.362. The second kappa shape index (κ2) is 10.1. The normalized spacial score (nSPS) is 17.9. The Kier molecular flexibility index (Phi) is 7.53. The number of aliphatic hydroxyl groups excluding tert-OH is 1. The molecule has 0 radical (unpaired) electrons. The summed E-state index contributed by atoms with van der Waals surface area (Å²) in [6, 6.07) is 9.40. The zero-order valence-electron chi connectivity index (χ0n) is 18.3. The number of rotatable bonds is 8. The van der Waals surface area contributed by atoms with E-state index in [1.54, 1.807) is 12.1 Å². The minimum atomic E-state index is -0.830. The number of amides is 1. The van der Waals surface area contributed by atoms with Gasteiger partial charge in [-0.05, 0) is 69.9 Å². The number of benzene rings is 2. The van der Waals surface area contributed by atoms with E-state index in [1.807, 2.05) is 25.9 Å². The lowest BCUT2D eigenvalue weighted by Gasteiger charge is -2.26. The molecule has 8 heteroatoms. The van der Waals surface area contributed by atoms with Gasteiger partial charge in [0.1, 0.15) is 17.3 Å².